The van der Waals surface area contributed by atoms with E-state index in [1.165, 1.54) is 31.3 Å². The van der Waals surface area contributed by atoms with E-state index in [1.807, 2.05) is 47.9 Å². The molecule has 3 heterocycles. The van der Waals surface area contributed by atoms with Crippen molar-refractivity contribution in [1.82, 2.24) is 20.4 Å². The van der Waals surface area contributed by atoms with Crippen molar-refractivity contribution in [2.75, 3.05) is 0 Å². The molecule has 0 saturated carbocycles. The van der Waals surface area contributed by atoms with Gasteiger partial charge in [0.25, 0.3) is 0 Å². The molecule has 6 aromatic carbocycles. The molecule has 0 amide bonds. The molecule has 0 aliphatic carbocycles. The van der Waals surface area contributed by atoms with Crippen LogP contribution < -0.4 is 0 Å². The third kappa shape index (κ3) is 5.08. The number of fused-ring (bicyclic) bond motifs is 3. The van der Waals surface area contributed by atoms with Crippen LogP contribution in [0.2, 0.25) is 0 Å². The largest absolute Gasteiger partial charge is 0.256 e. The molecule has 230 valence electrons. The Morgan fingerprint density at radius 3 is 1.76 bits per heavy atom. The van der Waals surface area contributed by atoms with Gasteiger partial charge >= 0.3 is 0 Å². The van der Waals surface area contributed by atoms with E-state index in [-0.39, 0.29) is 0 Å². The summed E-state index contributed by atoms with van der Waals surface area (Å²) in [5.74, 6) is 0. The van der Waals surface area contributed by atoms with Gasteiger partial charge < -0.3 is 0 Å². The van der Waals surface area contributed by atoms with Gasteiger partial charge in [-0.3, -0.25) is 4.98 Å². The monoisotopic (exact) mass is 644 g/mol. The van der Waals surface area contributed by atoms with E-state index >= 15 is 0 Å². The van der Waals surface area contributed by atoms with Crippen molar-refractivity contribution < 1.29 is 0 Å². The number of nitrogens with zero attached hydrogens (tertiary/aromatic N) is 4. The fourth-order valence-electron chi connectivity index (χ4n) is 6.86. The maximum absolute atomic E-state index is 5.20. The minimum Gasteiger partial charge on any atom is -0.256 e. The topological polar surface area (TPSA) is 51.6 Å². The van der Waals surface area contributed by atoms with Crippen LogP contribution in [-0.4, -0.2) is 20.4 Å². The smallest absolute Gasteiger partial charge is 0.107 e. The highest BCUT2D eigenvalue weighted by Gasteiger charge is 2.25. The van der Waals surface area contributed by atoms with Crippen molar-refractivity contribution >= 4 is 31.5 Å². The van der Waals surface area contributed by atoms with Gasteiger partial charge in [0.2, 0.25) is 0 Å². The van der Waals surface area contributed by atoms with E-state index < -0.39 is 0 Å². The predicted octanol–water partition coefficient (Wildman–Crippen LogP) is 11.6. The van der Waals surface area contributed by atoms with Gasteiger partial charge in [0, 0.05) is 48.6 Å². The third-order valence-electron chi connectivity index (χ3n) is 9.02. The first-order valence-electron chi connectivity index (χ1n) is 16.2. The average molecular weight is 645 g/mol. The Morgan fingerprint density at radius 1 is 0.367 bits per heavy atom. The van der Waals surface area contributed by atoms with Crippen molar-refractivity contribution in [2.24, 2.45) is 0 Å². The zero-order chi connectivity index (χ0) is 32.6. The first-order valence-corrected chi connectivity index (χ1v) is 17.1. The van der Waals surface area contributed by atoms with Crippen molar-refractivity contribution in [3.05, 3.63) is 170 Å². The average Bonchev–Trinajstić information content (AvgIpc) is 3.57. The van der Waals surface area contributed by atoms with Crippen molar-refractivity contribution in [1.29, 1.82) is 0 Å². The zero-order valence-electron chi connectivity index (χ0n) is 26.4. The molecule has 0 fully saturated rings. The Hall–Kier alpha value is -6.30. The Morgan fingerprint density at radius 2 is 0.980 bits per heavy atom. The second-order valence-electron chi connectivity index (χ2n) is 11.9. The molecule has 4 nitrogen and oxygen atoms in total. The second kappa shape index (κ2) is 12.4. The molecule has 0 saturated heterocycles. The van der Waals surface area contributed by atoms with Crippen molar-refractivity contribution in [2.45, 2.75) is 0 Å². The quantitative estimate of drug-likeness (QED) is 0.181. The van der Waals surface area contributed by atoms with Crippen LogP contribution in [0, 0.1) is 0 Å². The maximum Gasteiger partial charge on any atom is 0.107 e. The first kappa shape index (κ1) is 28.9. The Labute approximate surface area is 288 Å². The summed E-state index contributed by atoms with van der Waals surface area (Å²) in [6, 6.07) is 57.1. The summed E-state index contributed by atoms with van der Waals surface area (Å²) in [5.41, 5.74) is 11.9. The summed E-state index contributed by atoms with van der Waals surface area (Å²) >= 11 is 1.81. The lowest BCUT2D eigenvalue weighted by Gasteiger charge is -2.19. The van der Waals surface area contributed by atoms with Gasteiger partial charge in [0.15, 0.2) is 0 Å². The number of pyridine rings is 1. The van der Waals surface area contributed by atoms with Crippen LogP contribution in [0.3, 0.4) is 0 Å². The van der Waals surface area contributed by atoms with E-state index in [0.717, 1.165) is 56.0 Å². The van der Waals surface area contributed by atoms with Crippen molar-refractivity contribution in [3.63, 3.8) is 0 Å². The molecule has 0 aliphatic heterocycles. The SMILES string of the molecule is c1ccc(-c2ccccc2-c2ccc3sc4ccccc4c3c2-c2ncccc2-c2nnnc(-c3ccccc3)c2-c2ccccc2)cc1. The molecule has 9 aromatic rings. The van der Waals surface area contributed by atoms with E-state index in [4.69, 9.17) is 10.1 Å². The number of thiophene rings is 1. The number of hydrogen-bond donors (Lipinski definition) is 0. The predicted molar refractivity (Wildman–Crippen MR) is 203 cm³/mol. The summed E-state index contributed by atoms with van der Waals surface area (Å²) in [4.78, 5) is 5.20. The van der Waals surface area contributed by atoms with Crippen LogP contribution in [0.25, 0.3) is 87.3 Å². The minimum atomic E-state index is 0.738. The molecular formula is C44H28N4S. The molecule has 9 rings (SSSR count). The highest BCUT2D eigenvalue weighted by molar-refractivity contribution is 7.26. The summed E-state index contributed by atoms with van der Waals surface area (Å²) in [6.45, 7) is 0. The first-order chi connectivity index (χ1) is 24.3. The van der Waals surface area contributed by atoms with E-state index in [2.05, 4.69) is 144 Å². The fourth-order valence-corrected chi connectivity index (χ4v) is 7.97. The molecule has 49 heavy (non-hydrogen) atoms. The zero-order valence-corrected chi connectivity index (χ0v) is 27.2. The van der Waals surface area contributed by atoms with Gasteiger partial charge in [-0.15, -0.1) is 21.5 Å². The summed E-state index contributed by atoms with van der Waals surface area (Å²) in [7, 11) is 0. The van der Waals surface area contributed by atoms with Gasteiger partial charge in [0.1, 0.15) is 11.4 Å². The fraction of sp³-hybridized carbons (Fsp3) is 0. The Balaban J connectivity index is 1.39. The minimum absolute atomic E-state index is 0.738. The van der Waals surface area contributed by atoms with E-state index in [9.17, 15) is 0 Å². The number of rotatable bonds is 6. The highest BCUT2D eigenvalue weighted by atomic mass is 32.1. The standard InChI is InChI=1S/C44H28N4S/c1-4-15-29(16-5-1)32-21-10-11-22-33(32)34-26-27-38-40(35-23-12-13-25-37(35)49-38)41(34)43-36(24-14-28-45-43)44-39(30-17-6-2-7-18-30)42(46-48-47-44)31-19-8-3-9-20-31/h1-28H. The molecule has 0 aliphatic rings. The normalized spacial score (nSPS) is 11.3. The molecule has 0 spiro atoms. The van der Waals surface area contributed by atoms with Gasteiger partial charge in [0.05, 0.1) is 5.69 Å². The van der Waals surface area contributed by atoms with Crippen LogP contribution in [0.4, 0.5) is 0 Å². The van der Waals surface area contributed by atoms with Gasteiger partial charge in [-0.25, -0.2) is 0 Å². The van der Waals surface area contributed by atoms with E-state index in [1.54, 1.807) is 0 Å². The summed E-state index contributed by atoms with van der Waals surface area (Å²) in [5, 5.41) is 16.2. The van der Waals surface area contributed by atoms with Crippen LogP contribution in [-0.2, 0) is 0 Å². The van der Waals surface area contributed by atoms with Crippen LogP contribution in [0.15, 0.2) is 170 Å². The van der Waals surface area contributed by atoms with Crippen LogP contribution in [0.1, 0.15) is 0 Å². The Bertz CT molecular complexity index is 2600. The lowest BCUT2D eigenvalue weighted by molar-refractivity contribution is 0.878. The lowest BCUT2D eigenvalue weighted by atomic mass is 9.86. The number of hydrogen-bond acceptors (Lipinski definition) is 5. The van der Waals surface area contributed by atoms with Gasteiger partial charge in [-0.1, -0.05) is 140 Å². The third-order valence-corrected chi connectivity index (χ3v) is 10.2. The highest BCUT2D eigenvalue weighted by Crippen LogP contribution is 2.49. The van der Waals surface area contributed by atoms with Crippen LogP contribution in [0.5, 0.6) is 0 Å². The van der Waals surface area contributed by atoms with E-state index in [0.29, 0.717) is 0 Å². The molecule has 0 bridgehead atoms. The molecule has 3 aromatic heterocycles. The molecule has 0 radical (unpaired) electrons. The lowest BCUT2D eigenvalue weighted by Crippen LogP contribution is -2.02. The molecular weight excluding hydrogens is 617 g/mol. The molecule has 5 heteroatoms. The maximum atomic E-state index is 5.20. The number of aromatic nitrogens is 4. The summed E-state index contributed by atoms with van der Waals surface area (Å²) in [6.07, 6.45) is 1.88. The molecule has 0 unspecified atom stereocenters. The van der Waals surface area contributed by atoms with Crippen molar-refractivity contribution in [3.8, 4) is 67.2 Å². The molecule has 0 atom stereocenters. The van der Waals surface area contributed by atoms with Crippen LogP contribution >= 0.6 is 11.3 Å². The second-order valence-corrected chi connectivity index (χ2v) is 12.9. The van der Waals surface area contributed by atoms with Gasteiger partial charge in [-0.2, -0.15) is 0 Å². The van der Waals surface area contributed by atoms with Gasteiger partial charge in [-0.05, 0) is 57.3 Å². The molecule has 0 N–H and O–H groups in total. The summed E-state index contributed by atoms with van der Waals surface area (Å²) < 4.78 is 2.45. The number of benzene rings is 6. The Kier molecular flexibility index (Phi) is 7.30.